The molecule has 0 N–H and O–H groups in total. The van der Waals surface area contributed by atoms with E-state index in [1.807, 2.05) is 38.1 Å². The highest BCUT2D eigenvalue weighted by Crippen LogP contribution is 2.34. The molecule has 1 heterocycles. The van der Waals surface area contributed by atoms with E-state index in [-0.39, 0.29) is 18.1 Å². The first-order chi connectivity index (χ1) is 16.8. The van der Waals surface area contributed by atoms with E-state index in [1.165, 1.54) is 18.0 Å². The van der Waals surface area contributed by atoms with E-state index < -0.39 is 0 Å². The lowest BCUT2D eigenvalue weighted by atomic mass is 10.2. The summed E-state index contributed by atoms with van der Waals surface area (Å²) in [5, 5.41) is 6.06. The quantitative estimate of drug-likeness (QED) is 0.222. The van der Waals surface area contributed by atoms with Crippen LogP contribution in [0.5, 0.6) is 11.5 Å². The highest BCUT2D eigenvalue weighted by Gasteiger charge is 2.16. The monoisotopic (exact) mass is 573 g/mol. The molecule has 0 spiro atoms. The van der Waals surface area contributed by atoms with Gasteiger partial charge in [-0.05, 0) is 42.0 Å². The number of ether oxygens (including phenoxy) is 2. The molecule has 0 saturated carbocycles. The third-order valence-electron chi connectivity index (χ3n) is 5.23. The van der Waals surface area contributed by atoms with Crippen molar-refractivity contribution in [3.8, 4) is 11.5 Å². The first kappa shape index (κ1) is 25.2. The second-order valence-corrected chi connectivity index (χ2v) is 9.88. The molecular formula is C26H22BrCl2N3O3. The van der Waals surface area contributed by atoms with Gasteiger partial charge in [0, 0.05) is 32.1 Å². The van der Waals surface area contributed by atoms with Crippen molar-refractivity contribution < 1.29 is 9.47 Å². The largest absolute Gasteiger partial charge is 0.493 e. The number of aromatic nitrogens is 2. The van der Waals surface area contributed by atoms with E-state index in [0.29, 0.717) is 43.8 Å². The van der Waals surface area contributed by atoms with Crippen molar-refractivity contribution in [3.63, 3.8) is 0 Å². The zero-order valence-electron chi connectivity index (χ0n) is 19.3. The number of nitrogens with zero attached hydrogens (tertiary/aromatic N) is 3. The lowest BCUT2D eigenvalue weighted by Gasteiger charge is -2.15. The van der Waals surface area contributed by atoms with Crippen LogP contribution in [-0.2, 0) is 6.61 Å². The molecule has 0 aliphatic rings. The summed E-state index contributed by atoms with van der Waals surface area (Å²) in [4.78, 5) is 18.0. The van der Waals surface area contributed by atoms with E-state index in [9.17, 15) is 4.79 Å². The fourth-order valence-corrected chi connectivity index (χ4v) is 4.20. The van der Waals surface area contributed by atoms with Crippen molar-refractivity contribution >= 4 is 56.2 Å². The molecule has 0 radical (unpaired) electrons. The summed E-state index contributed by atoms with van der Waals surface area (Å²) in [7, 11) is 1.54. The maximum absolute atomic E-state index is 13.3. The van der Waals surface area contributed by atoms with Crippen LogP contribution >= 0.6 is 39.1 Å². The summed E-state index contributed by atoms with van der Waals surface area (Å²) < 4.78 is 13.7. The Labute approximate surface area is 221 Å². The molecule has 0 saturated heterocycles. The minimum atomic E-state index is -0.270. The standard InChI is InChI=1S/C26H22BrCl2N3O3/c1-15(2)25-31-22-9-6-18(27)11-21(22)26(33)32(25)30-13-17-10-20(29)12-23(34-3)24(17)35-14-16-4-7-19(28)8-5-16/h4-13,15H,14H2,1-3H3. The average Bonchev–Trinajstić information content (AvgIpc) is 2.83. The molecule has 4 aromatic rings. The molecule has 0 aliphatic carbocycles. The van der Waals surface area contributed by atoms with Crippen molar-refractivity contribution in [2.24, 2.45) is 5.10 Å². The maximum atomic E-state index is 13.3. The number of benzene rings is 3. The molecule has 9 heteroatoms. The summed E-state index contributed by atoms with van der Waals surface area (Å²) in [5.41, 5.74) is 1.83. The summed E-state index contributed by atoms with van der Waals surface area (Å²) in [6.45, 7) is 4.20. The van der Waals surface area contributed by atoms with Gasteiger partial charge in [-0.15, -0.1) is 0 Å². The van der Waals surface area contributed by atoms with Crippen molar-refractivity contribution in [2.75, 3.05) is 7.11 Å². The topological polar surface area (TPSA) is 65.7 Å². The first-order valence-electron chi connectivity index (χ1n) is 10.8. The van der Waals surface area contributed by atoms with Crippen LogP contribution in [0.15, 0.2) is 69.0 Å². The molecule has 0 aliphatic heterocycles. The molecule has 0 bridgehead atoms. The van der Waals surface area contributed by atoms with Gasteiger partial charge in [0.2, 0.25) is 0 Å². The number of hydrogen-bond acceptors (Lipinski definition) is 5. The van der Waals surface area contributed by atoms with Gasteiger partial charge in [0.05, 0.1) is 24.2 Å². The Balaban J connectivity index is 1.78. The van der Waals surface area contributed by atoms with E-state index in [2.05, 4.69) is 26.0 Å². The summed E-state index contributed by atoms with van der Waals surface area (Å²) in [6.07, 6.45) is 1.53. The zero-order valence-corrected chi connectivity index (χ0v) is 22.4. The Morgan fingerprint density at radius 3 is 2.51 bits per heavy atom. The van der Waals surface area contributed by atoms with E-state index in [1.54, 1.807) is 30.3 Å². The van der Waals surface area contributed by atoms with Gasteiger partial charge in [0.25, 0.3) is 5.56 Å². The van der Waals surface area contributed by atoms with Crippen molar-refractivity contribution in [3.05, 3.63) is 96.4 Å². The average molecular weight is 575 g/mol. The molecule has 3 aromatic carbocycles. The van der Waals surface area contributed by atoms with Crippen molar-refractivity contribution in [1.29, 1.82) is 0 Å². The molecule has 0 atom stereocenters. The molecular weight excluding hydrogens is 553 g/mol. The predicted octanol–water partition coefficient (Wildman–Crippen LogP) is 7.06. The minimum absolute atomic E-state index is 0.0394. The molecule has 0 unspecified atom stereocenters. The van der Waals surface area contributed by atoms with Crippen LogP contribution in [0, 0.1) is 0 Å². The summed E-state index contributed by atoms with van der Waals surface area (Å²) in [5.74, 6) is 1.40. The maximum Gasteiger partial charge on any atom is 0.282 e. The Bertz CT molecular complexity index is 1470. The van der Waals surface area contributed by atoms with Crippen LogP contribution in [-0.4, -0.2) is 23.0 Å². The number of halogens is 3. The van der Waals surface area contributed by atoms with Gasteiger partial charge in [0.15, 0.2) is 11.5 Å². The van der Waals surface area contributed by atoms with Crippen LogP contribution in [0.3, 0.4) is 0 Å². The molecule has 180 valence electrons. The Kier molecular flexibility index (Phi) is 7.79. The van der Waals surface area contributed by atoms with Gasteiger partial charge in [-0.25, -0.2) is 4.98 Å². The molecule has 4 rings (SSSR count). The molecule has 0 amide bonds. The summed E-state index contributed by atoms with van der Waals surface area (Å²) in [6, 6.07) is 16.1. The van der Waals surface area contributed by atoms with Crippen LogP contribution < -0.4 is 15.0 Å². The fraction of sp³-hybridized carbons (Fsp3) is 0.192. The Morgan fingerprint density at radius 2 is 1.83 bits per heavy atom. The molecule has 1 aromatic heterocycles. The Hall–Kier alpha value is -2.87. The predicted molar refractivity (Wildman–Crippen MR) is 145 cm³/mol. The molecule has 0 fully saturated rings. The second kappa shape index (κ2) is 10.8. The highest BCUT2D eigenvalue weighted by atomic mass is 79.9. The van der Waals surface area contributed by atoms with E-state index >= 15 is 0 Å². The van der Waals surface area contributed by atoms with Crippen LogP contribution in [0.2, 0.25) is 10.0 Å². The lowest BCUT2D eigenvalue weighted by Crippen LogP contribution is -2.23. The van der Waals surface area contributed by atoms with E-state index in [0.717, 1.165) is 10.0 Å². The third kappa shape index (κ3) is 5.69. The SMILES string of the molecule is COc1cc(Cl)cc(C=Nn2c(C(C)C)nc3ccc(Br)cc3c2=O)c1OCc1ccc(Cl)cc1. The van der Waals surface area contributed by atoms with E-state index in [4.69, 9.17) is 32.7 Å². The summed E-state index contributed by atoms with van der Waals surface area (Å²) >= 11 is 15.7. The Morgan fingerprint density at radius 1 is 1.09 bits per heavy atom. The minimum Gasteiger partial charge on any atom is -0.493 e. The van der Waals surface area contributed by atoms with Crippen LogP contribution in [0.25, 0.3) is 10.9 Å². The van der Waals surface area contributed by atoms with Gasteiger partial charge in [0.1, 0.15) is 12.4 Å². The van der Waals surface area contributed by atoms with Gasteiger partial charge < -0.3 is 9.47 Å². The number of rotatable bonds is 7. The normalized spacial score (nSPS) is 11.5. The third-order valence-corrected chi connectivity index (χ3v) is 6.19. The first-order valence-corrected chi connectivity index (χ1v) is 12.3. The molecule has 6 nitrogen and oxygen atoms in total. The number of fused-ring (bicyclic) bond motifs is 1. The molecule has 35 heavy (non-hydrogen) atoms. The van der Waals surface area contributed by atoms with Crippen LogP contribution in [0.1, 0.15) is 36.7 Å². The number of hydrogen-bond donors (Lipinski definition) is 0. The number of methoxy groups -OCH3 is 1. The van der Waals surface area contributed by atoms with Gasteiger partial charge in [-0.1, -0.05) is 65.1 Å². The van der Waals surface area contributed by atoms with Crippen molar-refractivity contribution in [2.45, 2.75) is 26.4 Å². The van der Waals surface area contributed by atoms with Crippen molar-refractivity contribution in [1.82, 2.24) is 9.66 Å². The van der Waals surface area contributed by atoms with Gasteiger partial charge >= 0.3 is 0 Å². The zero-order chi connectivity index (χ0) is 25.1. The smallest absolute Gasteiger partial charge is 0.282 e. The second-order valence-electron chi connectivity index (χ2n) is 8.09. The lowest BCUT2D eigenvalue weighted by molar-refractivity contribution is 0.284. The van der Waals surface area contributed by atoms with Gasteiger partial charge in [-0.3, -0.25) is 4.79 Å². The highest BCUT2D eigenvalue weighted by molar-refractivity contribution is 9.10. The van der Waals surface area contributed by atoms with Gasteiger partial charge in [-0.2, -0.15) is 9.78 Å². The fourth-order valence-electron chi connectivity index (χ4n) is 3.50. The van der Waals surface area contributed by atoms with Crippen LogP contribution in [0.4, 0.5) is 0 Å².